The monoisotopic (exact) mass is 525 g/mol. The summed E-state index contributed by atoms with van der Waals surface area (Å²) >= 11 is 2.85. The van der Waals surface area contributed by atoms with Crippen molar-refractivity contribution in [3.05, 3.63) is 71.3 Å². The second-order valence-corrected chi connectivity index (χ2v) is 12.2. The van der Waals surface area contributed by atoms with E-state index >= 15 is 0 Å². The van der Waals surface area contributed by atoms with Gasteiger partial charge in [0.1, 0.15) is 6.04 Å². The van der Waals surface area contributed by atoms with Gasteiger partial charge in [0.2, 0.25) is 11.0 Å². The molecular formula is C29H35NO4S2. The second-order valence-electron chi connectivity index (χ2n) is 9.96. The minimum absolute atomic E-state index is 0.0746. The summed E-state index contributed by atoms with van der Waals surface area (Å²) in [5.74, 6) is 0.260. The number of aliphatic carboxylic acids is 1. The van der Waals surface area contributed by atoms with Crippen molar-refractivity contribution in [2.24, 2.45) is 5.92 Å². The quantitative estimate of drug-likeness (QED) is 0.418. The minimum Gasteiger partial charge on any atom is -0.480 e. The van der Waals surface area contributed by atoms with Crippen molar-refractivity contribution < 1.29 is 19.5 Å². The van der Waals surface area contributed by atoms with Crippen molar-refractivity contribution in [1.29, 1.82) is 0 Å². The van der Waals surface area contributed by atoms with Gasteiger partial charge in [0, 0.05) is 34.8 Å². The largest absolute Gasteiger partial charge is 0.480 e. The fourth-order valence-electron chi connectivity index (χ4n) is 5.14. The Morgan fingerprint density at radius 2 is 1.69 bits per heavy atom. The van der Waals surface area contributed by atoms with E-state index in [2.05, 4.69) is 24.3 Å². The van der Waals surface area contributed by atoms with Crippen LogP contribution < -0.4 is 0 Å². The Morgan fingerprint density at radius 1 is 1.00 bits per heavy atom. The van der Waals surface area contributed by atoms with Crippen molar-refractivity contribution in [2.75, 3.05) is 12.3 Å². The van der Waals surface area contributed by atoms with Crippen LogP contribution in [0.1, 0.15) is 72.9 Å². The maximum Gasteiger partial charge on any atom is 0.326 e. The van der Waals surface area contributed by atoms with Crippen LogP contribution in [0.2, 0.25) is 0 Å². The van der Waals surface area contributed by atoms with Crippen LogP contribution in [0.15, 0.2) is 54.6 Å². The van der Waals surface area contributed by atoms with Crippen LogP contribution in [-0.2, 0) is 15.3 Å². The van der Waals surface area contributed by atoms with Gasteiger partial charge in [-0.15, -0.1) is 0 Å². The van der Waals surface area contributed by atoms with Gasteiger partial charge in [0.05, 0.1) is 0 Å². The van der Waals surface area contributed by atoms with E-state index in [0.29, 0.717) is 30.2 Å². The molecule has 1 saturated carbocycles. The average Bonchev–Trinajstić information content (AvgIpc) is 3.36. The van der Waals surface area contributed by atoms with E-state index in [9.17, 15) is 19.5 Å². The first-order valence-corrected chi connectivity index (χ1v) is 14.9. The topological polar surface area (TPSA) is 74.7 Å². The number of nitrogens with zero attached hydrogens (tertiary/aromatic N) is 1. The Bertz CT molecular complexity index is 1040. The molecule has 1 aliphatic heterocycles. The molecule has 1 N–H and O–H groups in total. The van der Waals surface area contributed by atoms with Crippen molar-refractivity contribution in [3.8, 4) is 0 Å². The average molecular weight is 526 g/mol. The Morgan fingerprint density at radius 3 is 2.36 bits per heavy atom. The number of hydrogen-bond donors (Lipinski definition) is 1. The van der Waals surface area contributed by atoms with E-state index in [1.807, 2.05) is 18.2 Å². The van der Waals surface area contributed by atoms with Gasteiger partial charge in [-0.25, -0.2) is 4.79 Å². The number of likely N-dealkylation sites (tertiary alicyclic amines) is 1. The van der Waals surface area contributed by atoms with Gasteiger partial charge in [-0.3, -0.25) is 9.59 Å². The lowest BCUT2D eigenvalue weighted by molar-refractivity contribution is -0.149. The van der Waals surface area contributed by atoms with Gasteiger partial charge in [0.25, 0.3) is 0 Å². The number of hydrogen-bond acceptors (Lipinski definition) is 5. The summed E-state index contributed by atoms with van der Waals surface area (Å²) < 4.78 is 0. The number of rotatable bonds is 9. The Balaban J connectivity index is 1.29. The Kier molecular flexibility index (Phi) is 9.54. The Labute approximate surface area is 222 Å². The molecule has 1 saturated heterocycles. The highest BCUT2D eigenvalue weighted by Gasteiger charge is 2.41. The number of carbonyl (C=O) groups is 3. The maximum absolute atomic E-state index is 13.1. The van der Waals surface area contributed by atoms with Crippen LogP contribution in [0.5, 0.6) is 0 Å². The summed E-state index contributed by atoms with van der Waals surface area (Å²) in [6.45, 7) is 2.21. The fraction of sp³-hybridized carbons (Fsp3) is 0.483. The summed E-state index contributed by atoms with van der Waals surface area (Å²) in [4.78, 5) is 39.0. The molecule has 7 heteroatoms. The van der Waals surface area contributed by atoms with Gasteiger partial charge in [0.15, 0.2) is 0 Å². The molecule has 2 aromatic carbocycles. The predicted molar refractivity (Wildman–Crippen MR) is 147 cm³/mol. The zero-order valence-electron chi connectivity index (χ0n) is 20.8. The molecule has 2 unspecified atom stereocenters. The summed E-state index contributed by atoms with van der Waals surface area (Å²) in [6.07, 6.45) is 7.03. The second kappa shape index (κ2) is 12.8. The van der Waals surface area contributed by atoms with Gasteiger partial charge < -0.3 is 10.0 Å². The molecule has 5 nitrogen and oxygen atoms in total. The summed E-state index contributed by atoms with van der Waals surface area (Å²) in [6, 6.07) is 17.1. The molecule has 1 amide bonds. The normalized spacial score (nSPS) is 21.3. The van der Waals surface area contributed by atoms with Gasteiger partial charge in [-0.2, -0.15) is 11.8 Å². The number of carboxylic acids is 1. The third-order valence-corrected chi connectivity index (χ3v) is 9.75. The van der Waals surface area contributed by atoms with E-state index in [-0.39, 0.29) is 16.3 Å². The lowest BCUT2D eigenvalue weighted by atomic mass is 9.84. The van der Waals surface area contributed by atoms with Gasteiger partial charge >= 0.3 is 5.97 Å². The first-order valence-electron chi connectivity index (χ1n) is 12.9. The number of carboxylic acid groups (broad SMARTS) is 1. The molecule has 2 aromatic rings. The fourth-order valence-corrected chi connectivity index (χ4v) is 7.20. The van der Waals surface area contributed by atoms with Gasteiger partial charge in [-0.05, 0) is 36.3 Å². The standard InChI is InChI=1S/C29H35NO4S2/c1-20(18-36-29(34)24-10-6-3-7-11-24)27(31)30-17-25(16-26(30)28(32)33)35-19-21-12-14-23(15-13-21)22-8-4-2-5-9-22/h3,6-7,10-15,20,22,25-26H,2,4-5,8-9,16-19H2,1H3,(H,32,33)/t20-,25?,26?/m1/s1. The number of carbonyl (C=O) groups excluding carboxylic acids is 2. The molecule has 0 radical (unpaired) electrons. The lowest BCUT2D eigenvalue weighted by Crippen LogP contribution is -2.43. The number of amides is 1. The highest BCUT2D eigenvalue weighted by molar-refractivity contribution is 8.14. The maximum atomic E-state index is 13.1. The molecule has 0 aromatic heterocycles. The smallest absolute Gasteiger partial charge is 0.326 e. The van der Waals surface area contributed by atoms with Crippen molar-refractivity contribution in [1.82, 2.24) is 4.90 Å². The van der Waals surface area contributed by atoms with Crippen LogP contribution in [0, 0.1) is 5.92 Å². The molecule has 0 bridgehead atoms. The summed E-state index contributed by atoms with van der Waals surface area (Å²) in [5.41, 5.74) is 3.28. The number of benzene rings is 2. The van der Waals surface area contributed by atoms with E-state index < -0.39 is 17.9 Å². The molecule has 3 atom stereocenters. The molecule has 1 heterocycles. The summed E-state index contributed by atoms with van der Waals surface area (Å²) in [7, 11) is 0. The highest BCUT2D eigenvalue weighted by atomic mass is 32.2. The SMILES string of the molecule is C[C@H](CSC(=O)c1ccccc1)C(=O)N1CC(SCc2ccc(C3CCCCC3)cc2)CC1C(=O)O. The third kappa shape index (κ3) is 6.94. The molecule has 36 heavy (non-hydrogen) atoms. The molecule has 0 spiro atoms. The van der Waals surface area contributed by atoms with E-state index in [4.69, 9.17) is 0 Å². The molecule has 2 aliphatic rings. The van der Waals surface area contributed by atoms with Crippen molar-refractivity contribution in [3.63, 3.8) is 0 Å². The van der Waals surface area contributed by atoms with Gasteiger partial charge in [-0.1, -0.05) is 92.5 Å². The Hall–Kier alpha value is -2.25. The number of thioether (sulfide) groups is 2. The lowest BCUT2D eigenvalue weighted by Gasteiger charge is -2.24. The third-order valence-electron chi connectivity index (χ3n) is 7.27. The molecule has 1 aliphatic carbocycles. The first-order chi connectivity index (χ1) is 17.4. The van der Waals surface area contributed by atoms with E-state index in [0.717, 1.165) is 17.5 Å². The first kappa shape index (κ1) is 26.8. The minimum atomic E-state index is -0.955. The van der Waals surface area contributed by atoms with Crippen LogP contribution in [0.3, 0.4) is 0 Å². The molecule has 192 valence electrons. The van der Waals surface area contributed by atoms with Crippen LogP contribution in [-0.4, -0.2) is 50.6 Å². The predicted octanol–water partition coefficient (Wildman–Crippen LogP) is 6.23. The molecule has 2 fully saturated rings. The van der Waals surface area contributed by atoms with Crippen molar-refractivity contribution >= 4 is 40.5 Å². The van der Waals surface area contributed by atoms with E-state index in [1.165, 1.54) is 48.1 Å². The van der Waals surface area contributed by atoms with Crippen molar-refractivity contribution in [2.45, 2.75) is 68.4 Å². The highest BCUT2D eigenvalue weighted by Crippen LogP contribution is 2.34. The molecule has 4 rings (SSSR count). The van der Waals surface area contributed by atoms with Crippen LogP contribution >= 0.6 is 23.5 Å². The van der Waals surface area contributed by atoms with Crippen LogP contribution in [0.25, 0.3) is 0 Å². The van der Waals surface area contributed by atoms with Crippen LogP contribution in [0.4, 0.5) is 0 Å². The zero-order chi connectivity index (χ0) is 25.5. The summed E-state index contributed by atoms with van der Waals surface area (Å²) in [5, 5.41) is 9.78. The molecular weight excluding hydrogens is 490 g/mol. The zero-order valence-corrected chi connectivity index (χ0v) is 22.4. The van der Waals surface area contributed by atoms with E-state index in [1.54, 1.807) is 30.8 Å².